The number of benzene rings is 1. The van der Waals surface area contributed by atoms with E-state index >= 15 is 0 Å². The number of nitrogens with zero attached hydrogens (tertiary/aromatic N) is 5. The summed E-state index contributed by atoms with van der Waals surface area (Å²) in [7, 11) is 0. The molecule has 12 nitrogen and oxygen atoms in total. The first kappa shape index (κ1) is 20.4. The number of aliphatic hydroxyl groups excluding tert-OH is 3. The molecule has 3 heterocycles. The van der Waals surface area contributed by atoms with Gasteiger partial charge in [0.05, 0.1) is 17.9 Å². The number of imidazole rings is 1. The summed E-state index contributed by atoms with van der Waals surface area (Å²) < 4.78 is 6.97. The summed E-state index contributed by atoms with van der Waals surface area (Å²) in [5.74, 6) is 0.451. The number of nitro groups is 1. The largest absolute Gasteiger partial charge is 0.394 e. The minimum atomic E-state index is -1.29. The Morgan fingerprint density at radius 3 is 2.60 bits per heavy atom. The van der Waals surface area contributed by atoms with Crippen LogP contribution in [0.25, 0.3) is 11.2 Å². The number of fused-ring (bicyclic) bond motifs is 1. The predicted octanol–water partition coefficient (Wildman–Crippen LogP) is 0.220. The van der Waals surface area contributed by atoms with Crippen molar-refractivity contribution in [2.75, 3.05) is 12.3 Å². The Morgan fingerprint density at radius 1 is 1.23 bits per heavy atom. The van der Waals surface area contributed by atoms with E-state index < -0.39 is 36.1 Å². The molecule has 158 valence electrons. The smallest absolute Gasteiger partial charge is 0.269 e. The zero-order valence-corrected chi connectivity index (χ0v) is 16.2. The normalized spacial score (nSPS) is 23.8. The van der Waals surface area contributed by atoms with Gasteiger partial charge < -0.3 is 25.8 Å². The zero-order valence-electron chi connectivity index (χ0n) is 15.4. The maximum Gasteiger partial charge on any atom is 0.269 e. The van der Waals surface area contributed by atoms with E-state index in [1.807, 2.05) is 0 Å². The van der Waals surface area contributed by atoms with E-state index in [2.05, 4.69) is 15.0 Å². The number of aliphatic hydroxyl groups is 3. The Morgan fingerprint density at radius 2 is 1.97 bits per heavy atom. The Bertz CT molecular complexity index is 1080. The Labute approximate surface area is 173 Å². The van der Waals surface area contributed by atoms with Crippen molar-refractivity contribution in [2.45, 2.75) is 35.3 Å². The molecule has 2 aromatic heterocycles. The molecule has 3 aromatic rings. The van der Waals surface area contributed by atoms with Crippen molar-refractivity contribution in [1.29, 1.82) is 0 Å². The second-order valence-electron chi connectivity index (χ2n) is 6.65. The second kappa shape index (κ2) is 8.12. The van der Waals surface area contributed by atoms with E-state index in [4.69, 9.17) is 10.5 Å². The van der Waals surface area contributed by atoms with Crippen LogP contribution in [0.2, 0.25) is 0 Å². The van der Waals surface area contributed by atoms with Gasteiger partial charge in [0.25, 0.3) is 5.69 Å². The summed E-state index contributed by atoms with van der Waals surface area (Å²) in [6, 6.07) is 6.17. The molecule has 0 aliphatic carbocycles. The summed E-state index contributed by atoms with van der Waals surface area (Å²) in [5.41, 5.74) is 7.43. The van der Waals surface area contributed by atoms with Crippen molar-refractivity contribution < 1.29 is 25.0 Å². The van der Waals surface area contributed by atoms with Crippen LogP contribution < -0.4 is 5.73 Å². The fraction of sp³-hybridized carbons (Fsp3) is 0.353. The summed E-state index contributed by atoms with van der Waals surface area (Å²) in [6.07, 6.45) is -3.07. The number of anilines is 1. The minimum Gasteiger partial charge on any atom is -0.394 e. The molecule has 1 aromatic carbocycles. The monoisotopic (exact) mass is 434 g/mol. The van der Waals surface area contributed by atoms with Crippen LogP contribution in [0.15, 0.2) is 35.6 Å². The van der Waals surface area contributed by atoms with Gasteiger partial charge in [-0.05, 0) is 5.56 Å². The molecule has 4 atom stereocenters. The molecule has 0 radical (unpaired) electrons. The number of nitro benzene ring substituents is 1. The van der Waals surface area contributed by atoms with Gasteiger partial charge in [0.2, 0.25) is 5.95 Å². The molecule has 30 heavy (non-hydrogen) atoms. The van der Waals surface area contributed by atoms with Crippen LogP contribution in [0.1, 0.15) is 11.8 Å². The van der Waals surface area contributed by atoms with E-state index in [-0.39, 0.29) is 11.6 Å². The molecule has 1 saturated heterocycles. The molecule has 5 N–H and O–H groups in total. The molecule has 0 unspecified atom stereocenters. The lowest BCUT2D eigenvalue weighted by Crippen LogP contribution is -2.33. The zero-order chi connectivity index (χ0) is 21.4. The van der Waals surface area contributed by atoms with Crippen LogP contribution >= 0.6 is 11.8 Å². The summed E-state index contributed by atoms with van der Waals surface area (Å²) in [6.45, 7) is -0.450. The quantitative estimate of drug-likeness (QED) is 0.180. The van der Waals surface area contributed by atoms with Crippen molar-refractivity contribution in [3.05, 3.63) is 46.3 Å². The van der Waals surface area contributed by atoms with Gasteiger partial charge in [-0.2, -0.15) is 4.98 Å². The molecule has 1 aliphatic heterocycles. The number of rotatable bonds is 6. The van der Waals surface area contributed by atoms with E-state index in [9.17, 15) is 25.4 Å². The highest BCUT2D eigenvalue weighted by atomic mass is 32.2. The van der Waals surface area contributed by atoms with Gasteiger partial charge in [-0.15, -0.1) is 0 Å². The lowest BCUT2D eigenvalue weighted by molar-refractivity contribution is -0.384. The van der Waals surface area contributed by atoms with Crippen molar-refractivity contribution >= 4 is 34.6 Å². The average Bonchev–Trinajstić information content (AvgIpc) is 3.27. The molecule has 13 heteroatoms. The average molecular weight is 434 g/mol. The standard InChI is InChI=1S/C17H18N6O6S/c18-17-20-14-11(19-7-22(14)16-13(26)12(25)10(5-24)29-16)15(21-17)30-6-8-1-3-9(4-2-8)23(27)28/h1-4,7,10,12-13,16,24-26H,5-6H2,(H2,18,20,21)/t10-,12-,13+,16-/m1/s1. The van der Waals surface area contributed by atoms with Crippen molar-refractivity contribution in [2.24, 2.45) is 0 Å². The SMILES string of the molecule is Nc1nc(SCc2ccc([N+](=O)[O-])cc2)c2ncn([C@@H]3O[C@H](CO)[C@@H](O)[C@@H]3O)c2n1. The van der Waals surface area contributed by atoms with E-state index in [1.54, 1.807) is 12.1 Å². The second-order valence-corrected chi connectivity index (χ2v) is 7.62. The third kappa shape index (κ3) is 3.68. The number of thioether (sulfide) groups is 1. The molecular weight excluding hydrogens is 416 g/mol. The van der Waals surface area contributed by atoms with Crippen LogP contribution in [0.5, 0.6) is 0 Å². The van der Waals surface area contributed by atoms with Gasteiger partial charge in [-0.3, -0.25) is 14.7 Å². The number of ether oxygens (including phenoxy) is 1. The van der Waals surface area contributed by atoms with Crippen molar-refractivity contribution in [3.8, 4) is 0 Å². The Balaban J connectivity index is 1.60. The molecule has 0 spiro atoms. The van der Waals surface area contributed by atoms with Crippen LogP contribution in [0.4, 0.5) is 11.6 Å². The maximum atomic E-state index is 10.8. The van der Waals surface area contributed by atoms with Crippen LogP contribution in [0, 0.1) is 10.1 Å². The number of aromatic nitrogens is 4. The number of non-ortho nitro benzene ring substituents is 1. The number of nitrogen functional groups attached to an aromatic ring is 1. The Kier molecular flexibility index (Phi) is 5.53. The highest BCUT2D eigenvalue weighted by Crippen LogP contribution is 2.34. The van der Waals surface area contributed by atoms with Crippen LogP contribution in [0.3, 0.4) is 0 Å². The maximum absolute atomic E-state index is 10.8. The fourth-order valence-electron chi connectivity index (χ4n) is 3.17. The molecule has 0 amide bonds. The summed E-state index contributed by atoms with van der Waals surface area (Å²) in [4.78, 5) is 23.0. The van der Waals surface area contributed by atoms with Crippen LogP contribution in [-0.2, 0) is 10.5 Å². The lowest BCUT2D eigenvalue weighted by Gasteiger charge is -2.16. The molecule has 4 rings (SSSR count). The summed E-state index contributed by atoms with van der Waals surface area (Å²) >= 11 is 1.32. The summed E-state index contributed by atoms with van der Waals surface area (Å²) in [5, 5.41) is 40.8. The minimum absolute atomic E-state index is 0.00894. The van der Waals surface area contributed by atoms with Gasteiger partial charge in [0.15, 0.2) is 11.9 Å². The molecule has 0 saturated carbocycles. The van der Waals surface area contributed by atoms with Gasteiger partial charge in [0.1, 0.15) is 28.9 Å². The van der Waals surface area contributed by atoms with Crippen LogP contribution in [-0.4, -0.2) is 64.7 Å². The highest BCUT2D eigenvalue weighted by molar-refractivity contribution is 7.98. The van der Waals surface area contributed by atoms with Gasteiger partial charge >= 0.3 is 0 Å². The fourth-order valence-corrected chi connectivity index (χ4v) is 4.10. The number of hydrogen-bond acceptors (Lipinski definition) is 11. The molecule has 0 bridgehead atoms. The van der Waals surface area contributed by atoms with Gasteiger partial charge in [-0.1, -0.05) is 23.9 Å². The topological polar surface area (TPSA) is 183 Å². The van der Waals surface area contributed by atoms with Crippen molar-refractivity contribution in [1.82, 2.24) is 19.5 Å². The van der Waals surface area contributed by atoms with E-state index in [0.29, 0.717) is 21.9 Å². The van der Waals surface area contributed by atoms with Gasteiger partial charge in [0, 0.05) is 17.9 Å². The first-order valence-corrected chi connectivity index (χ1v) is 9.86. The van der Waals surface area contributed by atoms with E-state index in [0.717, 1.165) is 5.56 Å². The highest BCUT2D eigenvalue weighted by Gasteiger charge is 2.44. The third-order valence-electron chi connectivity index (χ3n) is 4.72. The van der Waals surface area contributed by atoms with Crippen molar-refractivity contribution in [3.63, 3.8) is 0 Å². The predicted molar refractivity (Wildman–Crippen MR) is 105 cm³/mol. The van der Waals surface area contributed by atoms with Gasteiger partial charge in [-0.25, -0.2) is 9.97 Å². The lowest BCUT2D eigenvalue weighted by atomic mass is 10.1. The number of nitrogens with two attached hydrogens (primary N) is 1. The Hall–Kier alpha value is -2.84. The van der Waals surface area contributed by atoms with E-state index in [1.165, 1.54) is 34.8 Å². The number of hydrogen-bond donors (Lipinski definition) is 4. The molecular formula is C17H18N6O6S. The first-order valence-electron chi connectivity index (χ1n) is 8.87. The third-order valence-corrected chi connectivity index (χ3v) is 5.76. The first-order chi connectivity index (χ1) is 14.4. The molecule has 1 aliphatic rings. The molecule has 1 fully saturated rings.